The van der Waals surface area contributed by atoms with Crippen LogP contribution in [0, 0.1) is 0 Å². The first kappa shape index (κ1) is 11.7. The van der Waals surface area contributed by atoms with Crippen LogP contribution in [-0.4, -0.2) is 24.2 Å². The Morgan fingerprint density at radius 1 is 1.47 bits per heavy atom. The molecule has 5 heteroatoms. The van der Waals surface area contributed by atoms with E-state index in [2.05, 4.69) is 20.7 Å². The van der Waals surface area contributed by atoms with Gasteiger partial charge in [0, 0.05) is 5.33 Å². The summed E-state index contributed by atoms with van der Waals surface area (Å²) >= 11 is 3.17. The smallest absolute Gasteiger partial charge is 0.338 e. The van der Waals surface area contributed by atoms with E-state index in [1.165, 1.54) is 13.2 Å². The topological polar surface area (TPSA) is 63.6 Å². The lowest BCUT2D eigenvalue weighted by Gasteiger charge is -2.07. The number of carbonyl (C=O) groups excluding carboxylic acids is 1. The van der Waals surface area contributed by atoms with Gasteiger partial charge in [-0.05, 0) is 11.6 Å². The van der Waals surface area contributed by atoms with E-state index in [0.717, 1.165) is 0 Å². The Balaban J connectivity index is 3.38. The number of ether oxygens (including phenoxy) is 1. The highest BCUT2D eigenvalue weighted by Gasteiger charge is 2.19. The number of carboxylic acids is 1. The third-order valence-electron chi connectivity index (χ3n) is 1.91. The Hall–Kier alpha value is -1.36. The van der Waals surface area contributed by atoms with Crippen molar-refractivity contribution in [3.05, 3.63) is 34.9 Å². The first-order valence-electron chi connectivity index (χ1n) is 4.11. The number of carboxylic acid groups (broad SMARTS) is 1. The Morgan fingerprint density at radius 2 is 2.13 bits per heavy atom. The lowest BCUT2D eigenvalue weighted by Crippen LogP contribution is -2.12. The zero-order valence-corrected chi connectivity index (χ0v) is 9.58. The highest BCUT2D eigenvalue weighted by molar-refractivity contribution is 9.08. The van der Waals surface area contributed by atoms with Crippen LogP contribution in [0.3, 0.4) is 0 Å². The Labute approximate surface area is 95.0 Å². The predicted octanol–water partition coefficient (Wildman–Crippen LogP) is 2.07. The number of hydrogen-bond donors (Lipinski definition) is 1. The Bertz CT molecular complexity index is 400. The molecule has 0 amide bonds. The second kappa shape index (κ2) is 4.93. The molecule has 80 valence electrons. The molecular weight excluding hydrogens is 264 g/mol. The second-order valence-corrected chi connectivity index (χ2v) is 3.33. The van der Waals surface area contributed by atoms with Gasteiger partial charge in [-0.2, -0.15) is 0 Å². The van der Waals surface area contributed by atoms with Crippen LogP contribution in [0.5, 0.6) is 0 Å². The van der Waals surface area contributed by atoms with Gasteiger partial charge in [0.1, 0.15) is 0 Å². The maximum atomic E-state index is 11.3. The van der Waals surface area contributed by atoms with Gasteiger partial charge in [0.2, 0.25) is 0 Å². The lowest BCUT2D eigenvalue weighted by molar-refractivity contribution is 0.0582. The van der Waals surface area contributed by atoms with Crippen molar-refractivity contribution in [3.63, 3.8) is 0 Å². The summed E-state index contributed by atoms with van der Waals surface area (Å²) in [6.07, 6.45) is 0. The van der Waals surface area contributed by atoms with Crippen LogP contribution < -0.4 is 0 Å². The quantitative estimate of drug-likeness (QED) is 0.676. The zero-order valence-electron chi connectivity index (χ0n) is 7.99. The summed E-state index contributed by atoms with van der Waals surface area (Å²) in [5, 5.41) is 9.37. The van der Waals surface area contributed by atoms with Crippen molar-refractivity contribution in [2.24, 2.45) is 0 Å². The summed E-state index contributed by atoms with van der Waals surface area (Å²) < 4.78 is 4.51. The van der Waals surface area contributed by atoms with Crippen LogP contribution in [0.1, 0.15) is 26.3 Å². The molecule has 0 aliphatic heterocycles. The van der Waals surface area contributed by atoms with E-state index in [4.69, 9.17) is 5.11 Å². The summed E-state index contributed by atoms with van der Waals surface area (Å²) in [6, 6.07) is 4.70. The number of aromatic carboxylic acids is 1. The van der Waals surface area contributed by atoms with Gasteiger partial charge in [0.05, 0.1) is 18.2 Å². The van der Waals surface area contributed by atoms with Gasteiger partial charge in [-0.3, -0.25) is 0 Å². The minimum atomic E-state index is -1.13. The van der Waals surface area contributed by atoms with Gasteiger partial charge < -0.3 is 9.84 Å². The van der Waals surface area contributed by atoms with E-state index >= 15 is 0 Å². The fourth-order valence-electron chi connectivity index (χ4n) is 1.24. The van der Waals surface area contributed by atoms with Crippen LogP contribution in [0.4, 0.5) is 0 Å². The number of esters is 1. The molecule has 1 aromatic carbocycles. The number of benzene rings is 1. The average molecular weight is 273 g/mol. The maximum Gasteiger partial charge on any atom is 0.338 e. The van der Waals surface area contributed by atoms with Crippen molar-refractivity contribution in [1.29, 1.82) is 0 Å². The molecule has 0 radical (unpaired) electrons. The Kier molecular flexibility index (Phi) is 3.85. The first-order chi connectivity index (χ1) is 7.11. The molecule has 0 saturated heterocycles. The number of alkyl halides is 1. The van der Waals surface area contributed by atoms with E-state index in [1.54, 1.807) is 12.1 Å². The van der Waals surface area contributed by atoms with Gasteiger partial charge in [-0.25, -0.2) is 9.59 Å². The molecule has 0 aliphatic rings. The minimum Gasteiger partial charge on any atom is -0.478 e. The van der Waals surface area contributed by atoms with E-state index in [0.29, 0.717) is 10.9 Å². The van der Waals surface area contributed by atoms with Crippen LogP contribution >= 0.6 is 15.9 Å². The van der Waals surface area contributed by atoms with Gasteiger partial charge in [0.15, 0.2) is 0 Å². The molecule has 15 heavy (non-hydrogen) atoms. The van der Waals surface area contributed by atoms with E-state index in [-0.39, 0.29) is 11.1 Å². The minimum absolute atomic E-state index is 0.0128. The molecule has 0 heterocycles. The first-order valence-corrected chi connectivity index (χ1v) is 5.23. The van der Waals surface area contributed by atoms with Crippen LogP contribution in [-0.2, 0) is 10.1 Å². The van der Waals surface area contributed by atoms with Crippen molar-refractivity contribution in [3.8, 4) is 0 Å². The van der Waals surface area contributed by atoms with Crippen LogP contribution in [0.25, 0.3) is 0 Å². The molecule has 1 aromatic rings. The largest absolute Gasteiger partial charge is 0.478 e. The summed E-state index contributed by atoms with van der Waals surface area (Å²) in [5.41, 5.74) is 0.605. The predicted molar refractivity (Wildman–Crippen MR) is 57.4 cm³/mol. The lowest BCUT2D eigenvalue weighted by atomic mass is 10.0. The Morgan fingerprint density at radius 3 is 2.60 bits per heavy atom. The summed E-state index contributed by atoms with van der Waals surface area (Å²) in [5.74, 6) is -1.78. The molecule has 1 rings (SSSR count). The van der Waals surface area contributed by atoms with Crippen LogP contribution in [0.15, 0.2) is 18.2 Å². The van der Waals surface area contributed by atoms with Gasteiger partial charge >= 0.3 is 11.9 Å². The molecule has 0 saturated carbocycles. The monoisotopic (exact) mass is 272 g/mol. The molecular formula is C10H9BrO4. The number of carbonyl (C=O) groups is 2. The number of hydrogen-bond acceptors (Lipinski definition) is 3. The number of halogens is 1. The van der Waals surface area contributed by atoms with E-state index in [9.17, 15) is 9.59 Å². The third-order valence-corrected chi connectivity index (χ3v) is 2.52. The number of methoxy groups -OCH3 is 1. The molecule has 0 bridgehead atoms. The molecule has 4 nitrogen and oxygen atoms in total. The molecule has 0 aromatic heterocycles. The molecule has 0 unspecified atom stereocenters. The molecule has 0 aliphatic carbocycles. The van der Waals surface area contributed by atoms with Crippen molar-refractivity contribution >= 4 is 27.9 Å². The fraction of sp³-hybridized carbons (Fsp3) is 0.200. The third kappa shape index (κ3) is 2.36. The van der Waals surface area contributed by atoms with Crippen molar-refractivity contribution in [1.82, 2.24) is 0 Å². The van der Waals surface area contributed by atoms with E-state index in [1.807, 2.05) is 0 Å². The maximum absolute atomic E-state index is 11.3. The highest BCUT2D eigenvalue weighted by atomic mass is 79.9. The van der Waals surface area contributed by atoms with Crippen molar-refractivity contribution in [2.75, 3.05) is 7.11 Å². The highest BCUT2D eigenvalue weighted by Crippen LogP contribution is 2.18. The summed E-state index contributed by atoms with van der Waals surface area (Å²) in [6.45, 7) is 0. The molecule has 0 atom stereocenters. The van der Waals surface area contributed by atoms with Crippen molar-refractivity contribution in [2.45, 2.75) is 5.33 Å². The molecule has 0 fully saturated rings. The summed E-state index contributed by atoms with van der Waals surface area (Å²) in [7, 11) is 1.22. The molecule has 1 N–H and O–H groups in total. The van der Waals surface area contributed by atoms with Gasteiger partial charge in [-0.15, -0.1) is 0 Å². The van der Waals surface area contributed by atoms with Gasteiger partial charge in [0.25, 0.3) is 0 Å². The zero-order chi connectivity index (χ0) is 11.4. The molecule has 0 spiro atoms. The number of rotatable bonds is 3. The van der Waals surface area contributed by atoms with E-state index < -0.39 is 11.9 Å². The second-order valence-electron chi connectivity index (χ2n) is 2.77. The SMILES string of the molecule is COC(=O)c1cccc(CBr)c1C(=O)O. The summed E-state index contributed by atoms with van der Waals surface area (Å²) in [4.78, 5) is 22.3. The fourth-order valence-corrected chi connectivity index (χ4v) is 1.71. The standard InChI is InChI=1S/C10H9BrO4/c1-15-10(14)7-4-2-3-6(5-11)8(7)9(12)13/h2-4H,5H2,1H3,(H,12,13). The van der Waals surface area contributed by atoms with Crippen molar-refractivity contribution < 1.29 is 19.4 Å². The van der Waals surface area contributed by atoms with Gasteiger partial charge in [-0.1, -0.05) is 28.1 Å². The average Bonchev–Trinajstić information content (AvgIpc) is 2.26. The normalized spacial score (nSPS) is 9.73. The van der Waals surface area contributed by atoms with Crippen LogP contribution in [0.2, 0.25) is 0 Å².